The molecular formula is C23H34FNO2. The highest BCUT2D eigenvalue weighted by molar-refractivity contribution is 5.75. The maximum absolute atomic E-state index is 12.8. The van der Waals surface area contributed by atoms with Crippen LogP contribution in [0.1, 0.15) is 84.0 Å². The third-order valence-corrected chi connectivity index (χ3v) is 6.80. The Kier molecular flexibility index (Phi) is 7.66. The first kappa shape index (κ1) is 20.3. The number of unbranched alkanes of at least 4 members (excludes halogenated alkanes) is 2. The molecule has 0 radical (unpaired) electrons. The summed E-state index contributed by atoms with van der Waals surface area (Å²) in [5.41, 5.74) is 0. The van der Waals surface area contributed by atoms with E-state index in [0.717, 1.165) is 43.4 Å². The molecule has 0 saturated heterocycles. The van der Waals surface area contributed by atoms with Crippen molar-refractivity contribution in [2.24, 2.45) is 23.7 Å². The van der Waals surface area contributed by atoms with E-state index in [1.165, 1.54) is 69.7 Å². The summed E-state index contributed by atoms with van der Waals surface area (Å²) in [4.78, 5) is 15.9. The molecule has 0 unspecified atom stereocenters. The Morgan fingerprint density at radius 1 is 1.04 bits per heavy atom. The van der Waals surface area contributed by atoms with E-state index in [1.54, 1.807) is 0 Å². The van der Waals surface area contributed by atoms with Gasteiger partial charge in [-0.1, -0.05) is 45.4 Å². The highest BCUT2D eigenvalue weighted by Crippen LogP contribution is 2.42. The van der Waals surface area contributed by atoms with Crippen molar-refractivity contribution in [3.63, 3.8) is 0 Å². The van der Waals surface area contributed by atoms with Crippen molar-refractivity contribution >= 4 is 5.97 Å². The molecule has 150 valence electrons. The van der Waals surface area contributed by atoms with Crippen LogP contribution < -0.4 is 4.74 Å². The largest absolute Gasteiger partial charge is 0.425 e. The van der Waals surface area contributed by atoms with Gasteiger partial charge in [0, 0.05) is 0 Å². The van der Waals surface area contributed by atoms with Crippen LogP contribution in [0.4, 0.5) is 4.39 Å². The molecule has 0 aliphatic heterocycles. The Hall–Kier alpha value is -1.45. The number of hydrogen-bond donors (Lipinski definition) is 0. The highest BCUT2D eigenvalue weighted by atomic mass is 19.1. The molecule has 2 aliphatic carbocycles. The van der Waals surface area contributed by atoms with Crippen LogP contribution in [0.5, 0.6) is 5.75 Å². The van der Waals surface area contributed by atoms with E-state index in [0.29, 0.717) is 5.75 Å². The Balaban J connectivity index is 1.37. The van der Waals surface area contributed by atoms with Crippen LogP contribution in [0, 0.1) is 29.6 Å². The molecule has 2 fully saturated rings. The Morgan fingerprint density at radius 3 is 2.30 bits per heavy atom. The van der Waals surface area contributed by atoms with Crippen molar-refractivity contribution in [2.45, 2.75) is 84.0 Å². The molecule has 0 N–H and O–H groups in total. The molecule has 27 heavy (non-hydrogen) atoms. The molecule has 0 spiro atoms. The number of rotatable bonds is 7. The van der Waals surface area contributed by atoms with Crippen molar-refractivity contribution in [3.05, 3.63) is 24.3 Å². The predicted molar refractivity (Wildman–Crippen MR) is 105 cm³/mol. The normalized spacial score (nSPS) is 28.7. The average molecular weight is 376 g/mol. The van der Waals surface area contributed by atoms with Crippen LogP contribution in [0.15, 0.2) is 18.3 Å². The molecule has 0 aromatic carbocycles. The highest BCUT2D eigenvalue weighted by Gasteiger charge is 2.33. The number of pyridine rings is 1. The lowest BCUT2D eigenvalue weighted by Gasteiger charge is -2.37. The number of hydrogen-bond acceptors (Lipinski definition) is 3. The number of aromatic nitrogens is 1. The van der Waals surface area contributed by atoms with Crippen molar-refractivity contribution in [2.75, 3.05) is 0 Å². The van der Waals surface area contributed by atoms with E-state index in [4.69, 9.17) is 4.74 Å². The number of nitrogens with zero attached hydrogens (tertiary/aromatic N) is 1. The van der Waals surface area contributed by atoms with Crippen molar-refractivity contribution in [3.8, 4) is 5.75 Å². The van der Waals surface area contributed by atoms with Gasteiger partial charge in [0.25, 0.3) is 0 Å². The van der Waals surface area contributed by atoms with Gasteiger partial charge < -0.3 is 4.74 Å². The van der Waals surface area contributed by atoms with Gasteiger partial charge in [-0.3, -0.25) is 4.79 Å². The maximum atomic E-state index is 12.8. The lowest BCUT2D eigenvalue weighted by Crippen LogP contribution is -2.30. The van der Waals surface area contributed by atoms with Gasteiger partial charge in [-0.05, 0) is 68.4 Å². The van der Waals surface area contributed by atoms with E-state index < -0.39 is 5.95 Å². The standard InChI is InChI=1S/C23H34FNO2/c1-2-3-4-5-17-6-8-18(9-7-17)19-10-12-20(13-11-19)23(26)27-21-14-15-22(24)25-16-21/h14-20H,2-13H2,1H3. The zero-order valence-corrected chi connectivity index (χ0v) is 16.7. The van der Waals surface area contributed by atoms with E-state index in [2.05, 4.69) is 11.9 Å². The first-order valence-electron chi connectivity index (χ1n) is 11.0. The number of halogens is 1. The molecular weight excluding hydrogens is 341 g/mol. The van der Waals surface area contributed by atoms with Gasteiger partial charge in [0.2, 0.25) is 5.95 Å². The van der Waals surface area contributed by atoms with E-state index in [9.17, 15) is 9.18 Å². The molecule has 1 heterocycles. The Morgan fingerprint density at radius 2 is 1.70 bits per heavy atom. The molecule has 0 bridgehead atoms. The smallest absolute Gasteiger partial charge is 0.314 e. The third-order valence-electron chi connectivity index (χ3n) is 6.80. The Labute approximate surface area is 163 Å². The minimum Gasteiger partial charge on any atom is -0.425 e. The quantitative estimate of drug-likeness (QED) is 0.318. The van der Waals surface area contributed by atoms with Crippen LogP contribution in [0.3, 0.4) is 0 Å². The predicted octanol–water partition coefficient (Wildman–Crippen LogP) is 6.32. The molecule has 1 aromatic heterocycles. The molecule has 2 aliphatic rings. The number of carbonyl (C=O) groups is 1. The molecule has 3 nitrogen and oxygen atoms in total. The molecule has 0 atom stereocenters. The maximum Gasteiger partial charge on any atom is 0.314 e. The lowest BCUT2D eigenvalue weighted by molar-refractivity contribution is -0.140. The van der Waals surface area contributed by atoms with Crippen molar-refractivity contribution < 1.29 is 13.9 Å². The second-order valence-corrected chi connectivity index (χ2v) is 8.63. The number of ether oxygens (including phenoxy) is 1. The number of esters is 1. The van der Waals surface area contributed by atoms with Gasteiger partial charge in [0.1, 0.15) is 5.75 Å². The topological polar surface area (TPSA) is 39.2 Å². The Bertz CT molecular complexity index is 573. The minimum absolute atomic E-state index is 0.0170. The summed E-state index contributed by atoms with van der Waals surface area (Å²) in [5.74, 6) is 2.20. The fourth-order valence-electron chi connectivity index (χ4n) is 5.08. The van der Waals surface area contributed by atoms with Crippen LogP contribution in [-0.2, 0) is 4.79 Å². The van der Waals surface area contributed by atoms with Gasteiger partial charge in [-0.15, -0.1) is 0 Å². The van der Waals surface area contributed by atoms with Crippen molar-refractivity contribution in [1.29, 1.82) is 0 Å². The SMILES string of the molecule is CCCCCC1CCC(C2CCC(C(=O)Oc3ccc(F)nc3)CC2)CC1. The monoisotopic (exact) mass is 375 g/mol. The van der Waals surface area contributed by atoms with Crippen molar-refractivity contribution in [1.82, 2.24) is 4.98 Å². The molecule has 4 heteroatoms. The summed E-state index contributed by atoms with van der Waals surface area (Å²) in [6, 6.07) is 2.68. The summed E-state index contributed by atoms with van der Waals surface area (Å²) >= 11 is 0. The second kappa shape index (κ2) is 10.2. The van der Waals surface area contributed by atoms with Crippen LogP contribution >= 0.6 is 0 Å². The summed E-state index contributed by atoms with van der Waals surface area (Å²) in [7, 11) is 0. The summed E-state index contributed by atoms with van der Waals surface area (Å²) in [5, 5.41) is 0. The van der Waals surface area contributed by atoms with Crippen LogP contribution in [-0.4, -0.2) is 11.0 Å². The third kappa shape index (κ3) is 6.02. The number of carbonyl (C=O) groups excluding carboxylic acids is 1. The fraction of sp³-hybridized carbons (Fsp3) is 0.739. The fourth-order valence-corrected chi connectivity index (χ4v) is 5.08. The summed E-state index contributed by atoms with van der Waals surface area (Å²) in [6.07, 6.45) is 16.5. The average Bonchev–Trinajstić information content (AvgIpc) is 2.70. The zero-order chi connectivity index (χ0) is 19.1. The van der Waals surface area contributed by atoms with E-state index >= 15 is 0 Å². The van der Waals surface area contributed by atoms with Crippen LogP contribution in [0.2, 0.25) is 0 Å². The molecule has 0 amide bonds. The molecule has 1 aromatic rings. The van der Waals surface area contributed by atoms with Gasteiger partial charge in [-0.25, -0.2) is 4.98 Å². The van der Waals surface area contributed by atoms with Gasteiger partial charge in [0.05, 0.1) is 12.1 Å². The molecule has 2 saturated carbocycles. The minimum atomic E-state index is -0.560. The zero-order valence-electron chi connectivity index (χ0n) is 16.7. The van der Waals surface area contributed by atoms with E-state index in [-0.39, 0.29) is 11.9 Å². The molecule has 3 rings (SSSR count). The first-order chi connectivity index (χ1) is 13.2. The summed E-state index contributed by atoms with van der Waals surface area (Å²) in [6.45, 7) is 2.28. The summed E-state index contributed by atoms with van der Waals surface area (Å²) < 4.78 is 18.2. The lowest BCUT2D eigenvalue weighted by atomic mass is 9.68. The van der Waals surface area contributed by atoms with Crippen LogP contribution in [0.25, 0.3) is 0 Å². The first-order valence-corrected chi connectivity index (χ1v) is 11.0. The van der Waals surface area contributed by atoms with Gasteiger partial charge in [-0.2, -0.15) is 4.39 Å². The van der Waals surface area contributed by atoms with E-state index in [1.807, 2.05) is 0 Å². The second-order valence-electron chi connectivity index (χ2n) is 8.63. The van der Waals surface area contributed by atoms with Gasteiger partial charge in [0.15, 0.2) is 0 Å². The van der Waals surface area contributed by atoms with Gasteiger partial charge >= 0.3 is 5.97 Å².